The molecular formula is C49H96O9. The molecule has 4 N–H and O–H groups in total. The fourth-order valence-electron chi connectivity index (χ4n) is 8.08. The van der Waals surface area contributed by atoms with Crippen LogP contribution in [-0.4, -0.2) is 89.6 Å². The Labute approximate surface area is 357 Å². The van der Waals surface area contributed by atoms with Gasteiger partial charge in [0, 0.05) is 13.0 Å². The monoisotopic (exact) mass is 829 g/mol. The maximum atomic E-state index is 12.8. The summed E-state index contributed by atoms with van der Waals surface area (Å²) in [6.45, 7) is 4.62. The summed E-state index contributed by atoms with van der Waals surface area (Å²) in [6, 6.07) is 0. The molecule has 9 heteroatoms. The van der Waals surface area contributed by atoms with Crippen molar-refractivity contribution in [2.45, 2.75) is 282 Å². The van der Waals surface area contributed by atoms with E-state index in [0.717, 1.165) is 32.1 Å². The fourth-order valence-corrected chi connectivity index (χ4v) is 8.08. The molecular weight excluding hydrogens is 733 g/mol. The van der Waals surface area contributed by atoms with E-state index in [1.54, 1.807) is 0 Å². The number of carbonyl (C=O) groups is 1. The molecule has 0 radical (unpaired) electrons. The standard InChI is InChI=1S/C49H96O9/c1-3-5-7-9-11-13-15-17-19-20-21-22-23-24-25-27-29-31-33-35-37-39-55-41-43(42-56-49-48(54)47(53)46(52)44(40-50)58-49)57-45(51)38-36-34-32-30-28-26-18-16-14-12-10-8-6-4-2/h43-44,46-50,52-54H,3-42H2,1-2H3. The van der Waals surface area contributed by atoms with Gasteiger partial charge in [-0.05, 0) is 12.8 Å². The number of esters is 1. The van der Waals surface area contributed by atoms with Crippen LogP contribution in [0.3, 0.4) is 0 Å². The third-order valence-electron chi connectivity index (χ3n) is 12.0. The molecule has 6 unspecified atom stereocenters. The van der Waals surface area contributed by atoms with Gasteiger partial charge in [-0.25, -0.2) is 0 Å². The lowest BCUT2D eigenvalue weighted by Crippen LogP contribution is -2.59. The van der Waals surface area contributed by atoms with Crippen LogP contribution in [0.2, 0.25) is 0 Å². The Hall–Kier alpha value is -0.810. The average molecular weight is 829 g/mol. The second-order valence-electron chi connectivity index (χ2n) is 17.6. The van der Waals surface area contributed by atoms with Gasteiger partial charge in [-0.2, -0.15) is 0 Å². The van der Waals surface area contributed by atoms with Gasteiger partial charge >= 0.3 is 5.97 Å². The van der Waals surface area contributed by atoms with Crippen molar-refractivity contribution < 1.29 is 44.2 Å². The lowest BCUT2D eigenvalue weighted by atomic mass is 9.99. The van der Waals surface area contributed by atoms with Crippen LogP contribution in [0.1, 0.15) is 245 Å². The molecule has 1 aliphatic heterocycles. The molecule has 0 spiro atoms. The summed E-state index contributed by atoms with van der Waals surface area (Å²) in [7, 11) is 0. The number of aliphatic hydroxyl groups excluding tert-OH is 4. The van der Waals surface area contributed by atoms with E-state index >= 15 is 0 Å². The smallest absolute Gasteiger partial charge is 0.306 e. The molecule has 0 bridgehead atoms. The van der Waals surface area contributed by atoms with E-state index in [1.165, 1.54) is 193 Å². The van der Waals surface area contributed by atoms with Crippen molar-refractivity contribution in [2.75, 3.05) is 26.4 Å². The molecule has 1 rings (SSSR count). The highest BCUT2D eigenvalue weighted by Gasteiger charge is 2.44. The number of rotatable bonds is 44. The van der Waals surface area contributed by atoms with Crippen LogP contribution >= 0.6 is 0 Å². The molecule has 346 valence electrons. The van der Waals surface area contributed by atoms with E-state index in [-0.39, 0.29) is 19.2 Å². The summed E-state index contributed by atoms with van der Waals surface area (Å²) in [5, 5.41) is 40.2. The minimum Gasteiger partial charge on any atom is -0.457 e. The first kappa shape index (κ1) is 55.2. The quantitative estimate of drug-likeness (QED) is 0.0350. The number of hydrogen-bond acceptors (Lipinski definition) is 9. The van der Waals surface area contributed by atoms with Gasteiger partial charge in [0.2, 0.25) is 0 Å². The summed E-state index contributed by atoms with van der Waals surface area (Å²) in [4.78, 5) is 12.8. The third kappa shape index (κ3) is 32.0. The van der Waals surface area contributed by atoms with Crippen LogP contribution in [0, 0.1) is 0 Å². The lowest BCUT2D eigenvalue weighted by molar-refractivity contribution is -0.305. The Bertz CT molecular complexity index is 858. The minimum absolute atomic E-state index is 0.105. The van der Waals surface area contributed by atoms with Crippen LogP contribution in [0.4, 0.5) is 0 Å². The first-order chi connectivity index (χ1) is 28.4. The van der Waals surface area contributed by atoms with Gasteiger partial charge in [0.15, 0.2) is 6.29 Å². The topological polar surface area (TPSA) is 135 Å². The zero-order chi connectivity index (χ0) is 42.2. The number of ether oxygens (including phenoxy) is 4. The summed E-state index contributed by atoms with van der Waals surface area (Å²) >= 11 is 0. The predicted octanol–water partition coefficient (Wildman–Crippen LogP) is 11.8. The van der Waals surface area contributed by atoms with E-state index in [2.05, 4.69) is 13.8 Å². The molecule has 0 aromatic carbocycles. The molecule has 1 fully saturated rings. The summed E-state index contributed by atoms with van der Waals surface area (Å²) in [5.41, 5.74) is 0. The molecule has 0 amide bonds. The van der Waals surface area contributed by atoms with Crippen LogP contribution < -0.4 is 0 Å². The highest BCUT2D eigenvalue weighted by atomic mass is 16.7. The molecule has 0 aliphatic carbocycles. The van der Waals surface area contributed by atoms with Crippen molar-refractivity contribution in [1.82, 2.24) is 0 Å². The van der Waals surface area contributed by atoms with Crippen molar-refractivity contribution in [1.29, 1.82) is 0 Å². The zero-order valence-corrected chi connectivity index (χ0v) is 38.1. The van der Waals surface area contributed by atoms with Crippen molar-refractivity contribution in [3.8, 4) is 0 Å². The van der Waals surface area contributed by atoms with Gasteiger partial charge in [0.25, 0.3) is 0 Å². The molecule has 0 aromatic heterocycles. The van der Waals surface area contributed by atoms with E-state index in [9.17, 15) is 25.2 Å². The molecule has 1 saturated heterocycles. The molecule has 0 aromatic rings. The molecule has 1 aliphatic rings. The fraction of sp³-hybridized carbons (Fsp3) is 0.980. The normalized spacial score (nSPS) is 20.1. The van der Waals surface area contributed by atoms with Crippen molar-refractivity contribution in [2.24, 2.45) is 0 Å². The molecule has 0 saturated carbocycles. The summed E-state index contributed by atoms with van der Waals surface area (Å²) < 4.78 is 22.9. The van der Waals surface area contributed by atoms with E-state index in [4.69, 9.17) is 18.9 Å². The van der Waals surface area contributed by atoms with Crippen LogP contribution in [0.15, 0.2) is 0 Å². The van der Waals surface area contributed by atoms with Crippen LogP contribution in [0.5, 0.6) is 0 Å². The third-order valence-corrected chi connectivity index (χ3v) is 12.0. The second kappa shape index (κ2) is 41.5. The first-order valence-electron chi connectivity index (χ1n) is 25.1. The zero-order valence-electron chi connectivity index (χ0n) is 38.1. The second-order valence-corrected chi connectivity index (χ2v) is 17.6. The Balaban J connectivity index is 2.17. The van der Waals surface area contributed by atoms with Crippen molar-refractivity contribution >= 4 is 5.97 Å². The van der Waals surface area contributed by atoms with Gasteiger partial charge in [-0.15, -0.1) is 0 Å². The SMILES string of the molecule is CCCCCCCCCCCCCCCCCCCCCCCOCC(COC1OC(CO)C(O)C(O)C1O)OC(=O)CCCCCCCCCCCCCCCC. The predicted molar refractivity (Wildman–Crippen MR) is 238 cm³/mol. The minimum atomic E-state index is -1.53. The van der Waals surface area contributed by atoms with Crippen molar-refractivity contribution in [3.05, 3.63) is 0 Å². The number of aliphatic hydroxyl groups is 4. The van der Waals surface area contributed by atoms with E-state index < -0.39 is 43.4 Å². The number of unbranched alkanes of at least 4 members (excludes halogenated alkanes) is 33. The van der Waals surface area contributed by atoms with Crippen LogP contribution in [-0.2, 0) is 23.7 Å². The lowest BCUT2D eigenvalue weighted by Gasteiger charge is -2.39. The highest BCUT2D eigenvalue weighted by molar-refractivity contribution is 5.69. The Morgan fingerprint density at radius 3 is 1.22 bits per heavy atom. The van der Waals surface area contributed by atoms with E-state index in [0.29, 0.717) is 13.0 Å². The first-order valence-corrected chi connectivity index (χ1v) is 25.1. The summed E-state index contributed by atoms with van der Waals surface area (Å²) in [6.07, 6.45) is 38.5. The van der Waals surface area contributed by atoms with Crippen molar-refractivity contribution in [3.63, 3.8) is 0 Å². The summed E-state index contributed by atoms with van der Waals surface area (Å²) in [5.74, 6) is -0.306. The number of hydrogen-bond donors (Lipinski definition) is 4. The maximum absolute atomic E-state index is 12.8. The average Bonchev–Trinajstić information content (AvgIpc) is 3.22. The van der Waals surface area contributed by atoms with Crippen LogP contribution in [0.25, 0.3) is 0 Å². The van der Waals surface area contributed by atoms with Gasteiger partial charge in [0.1, 0.15) is 30.5 Å². The Morgan fingerprint density at radius 1 is 0.483 bits per heavy atom. The Kier molecular flexibility index (Phi) is 39.5. The highest BCUT2D eigenvalue weighted by Crippen LogP contribution is 2.23. The molecule has 1 heterocycles. The van der Waals surface area contributed by atoms with Gasteiger partial charge in [0.05, 0.1) is 19.8 Å². The molecule has 6 atom stereocenters. The number of carbonyl (C=O) groups excluding carboxylic acids is 1. The van der Waals surface area contributed by atoms with E-state index in [1.807, 2.05) is 0 Å². The van der Waals surface area contributed by atoms with Gasteiger partial charge < -0.3 is 39.4 Å². The molecule has 58 heavy (non-hydrogen) atoms. The van der Waals surface area contributed by atoms with Gasteiger partial charge in [-0.1, -0.05) is 226 Å². The van der Waals surface area contributed by atoms with Gasteiger partial charge in [-0.3, -0.25) is 4.79 Å². The molecule has 9 nitrogen and oxygen atoms in total. The Morgan fingerprint density at radius 2 is 0.845 bits per heavy atom. The maximum Gasteiger partial charge on any atom is 0.306 e. The largest absolute Gasteiger partial charge is 0.457 e.